The normalized spacial score (nSPS) is 35.9. The second kappa shape index (κ2) is 23.9. The van der Waals surface area contributed by atoms with Gasteiger partial charge in [0.25, 0.3) is 0 Å². The molecule has 12 unspecified atom stereocenters. The summed E-state index contributed by atoms with van der Waals surface area (Å²) in [6, 6.07) is 17.2. The third kappa shape index (κ3) is 13.1. The van der Waals surface area contributed by atoms with Crippen molar-refractivity contribution in [1.82, 2.24) is 0 Å². The lowest BCUT2D eigenvalue weighted by atomic mass is 9.32. The highest BCUT2D eigenvalue weighted by Gasteiger charge is 2.72. The topological polar surface area (TPSA) is 261 Å². The van der Waals surface area contributed by atoms with Gasteiger partial charge in [0.05, 0.1) is 79.3 Å². The summed E-state index contributed by atoms with van der Waals surface area (Å²) in [6.45, 7) is 10.9. The van der Waals surface area contributed by atoms with Crippen molar-refractivity contribution < 1.29 is 114 Å². The molecule has 4 aromatic carbocycles. The van der Waals surface area contributed by atoms with Crippen molar-refractivity contribution >= 4 is 0 Å². The highest BCUT2D eigenvalue weighted by Crippen LogP contribution is 2.78. The summed E-state index contributed by atoms with van der Waals surface area (Å²) in [4.78, 5) is 0. The maximum absolute atomic E-state index is 7.35. The van der Waals surface area contributed by atoms with Crippen molar-refractivity contribution in [2.75, 3.05) is 159 Å². The van der Waals surface area contributed by atoms with Gasteiger partial charge in [-0.3, -0.25) is 0 Å². The van der Waals surface area contributed by atoms with Gasteiger partial charge in [-0.25, -0.2) is 0 Å². The van der Waals surface area contributed by atoms with E-state index in [4.69, 9.17) is 114 Å². The first kappa shape index (κ1) is 59.3. The minimum Gasteiger partial charge on any atom is -0.487 e. The number of hydrogen-bond donors (Lipinski definition) is 0. The quantitative estimate of drug-likeness (QED) is 0.0501. The van der Waals surface area contributed by atoms with E-state index in [1.807, 2.05) is 0 Å². The minimum atomic E-state index is -0.796. The number of epoxide rings is 12. The van der Waals surface area contributed by atoms with Crippen LogP contribution < -0.4 is 56.8 Å². The Labute approximate surface area is 543 Å². The van der Waals surface area contributed by atoms with Crippen LogP contribution in [0.5, 0.6) is 69.0 Å². The lowest BCUT2D eigenvalue weighted by molar-refractivity contribution is -0.0725. The van der Waals surface area contributed by atoms with E-state index >= 15 is 0 Å². The first-order valence-electron chi connectivity index (χ1n) is 33.9. The van der Waals surface area contributed by atoms with E-state index in [2.05, 4.69) is 48.5 Å². The first-order chi connectivity index (χ1) is 46.3. The summed E-state index contributed by atoms with van der Waals surface area (Å²) in [5.74, 6) is 6.64. The fraction of sp³-hybridized carbons (Fsp3) is 0.657. The van der Waals surface area contributed by atoms with Crippen LogP contribution in [-0.2, 0) is 78.5 Å². The molecule has 4 aromatic rings. The number of benzene rings is 4. The molecule has 0 spiro atoms. The molecule has 94 heavy (non-hydrogen) atoms. The molecule has 504 valence electrons. The Kier molecular flexibility index (Phi) is 15.1. The average molecular weight is 1310 g/mol. The van der Waals surface area contributed by atoms with Gasteiger partial charge in [-0.1, -0.05) is 24.3 Å². The highest BCUT2D eigenvalue weighted by atomic mass is 16.7. The standard InChI is InChI=1S/C70H80O24/c1-5-55(83-21-39-9-71-39)63(91-29-47-17-79-47)59(87-25-43-13-75-43)51(1)67-33-68(52-2-6-56(84-22-40-10-72-40)64(92-30-48-18-80-48)60(52)88-26-44-14-76-44)36-69(34-67,53-3-7-57(85-23-41-11-73-41)65(93-31-49-19-81-49)61(53)89-27-45-15-77-45)38-70(35-67,37-68)54-4-8-58(86-24-42-12-74-42)66(94-32-50-20-82-50)62(54)90-28-46-16-78-46/h1-8,39-50H,9-38H2. The van der Waals surface area contributed by atoms with Gasteiger partial charge in [0.1, 0.15) is 153 Å². The van der Waals surface area contributed by atoms with Gasteiger partial charge in [0, 0.05) is 43.9 Å². The Morgan fingerprint density at radius 3 is 0.489 bits per heavy atom. The zero-order valence-corrected chi connectivity index (χ0v) is 52.6. The molecule has 20 rings (SSSR count). The largest absolute Gasteiger partial charge is 0.487 e. The van der Waals surface area contributed by atoms with E-state index in [-0.39, 0.29) is 99.7 Å². The Morgan fingerprint density at radius 1 is 0.202 bits per heavy atom. The van der Waals surface area contributed by atoms with E-state index in [1.54, 1.807) is 0 Å². The van der Waals surface area contributed by atoms with E-state index < -0.39 is 21.7 Å². The third-order valence-corrected chi connectivity index (χ3v) is 20.5. The summed E-state index contributed by atoms with van der Waals surface area (Å²) in [6.07, 6.45) is 2.82. The Hall–Kier alpha value is -6.00. The predicted molar refractivity (Wildman–Crippen MR) is 323 cm³/mol. The maximum atomic E-state index is 7.35. The monoisotopic (exact) mass is 1300 g/mol. The number of hydrogen-bond acceptors (Lipinski definition) is 24. The number of rotatable bonds is 40. The molecule has 12 heterocycles. The zero-order valence-electron chi connectivity index (χ0n) is 52.6. The van der Waals surface area contributed by atoms with Crippen LogP contribution >= 0.6 is 0 Å². The van der Waals surface area contributed by atoms with Crippen LogP contribution in [0.3, 0.4) is 0 Å². The van der Waals surface area contributed by atoms with Crippen LogP contribution in [0.15, 0.2) is 48.5 Å². The molecule has 24 heteroatoms. The molecule has 24 nitrogen and oxygen atoms in total. The van der Waals surface area contributed by atoms with Gasteiger partial charge in [0.15, 0.2) is 46.0 Å². The molecular weight excluding hydrogens is 1220 g/mol. The molecule has 4 aliphatic carbocycles. The molecule has 0 amide bonds. The molecule has 0 aromatic heterocycles. The SMILES string of the molecule is c1cc(C23CC4(c5ccc(OCC6CO6)c(OCC6CO6)c5OCC5CO5)CC(c5ccc(OCC6CO6)c(OCC6CO6)c5OCC5CO5)(C2)CC(c2ccc(OCC5CO5)c(OCC5CO5)c2OCC2CO2)(C3)C4)c(OCC2CO2)c(OCC2CO2)c1OCC1CO1. The minimum absolute atomic E-state index is 0.0292. The second-order valence-electron chi connectivity index (χ2n) is 28.5. The molecule has 4 bridgehead atoms. The van der Waals surface area contributed by atoms with Crippen molar-refractivity contribution in [3.8, 4) is 69.0 Å². The van der Waals surface area contributed by atoms with Crippen molar-refractivity contribution in [1.29, 1.82) is 0 Å². The molecule has 0 radical (unpaired) electrons. The van der Waals surface area contributed by atoms with Gasteiger partial charge >= 0.3 is 0 Å². The van der Waals surface area contributed by atoms with Crippen molar-refractivity contribution in [2.45, 2.75) is 133 Å². The molecule has 0 N–H and O–H groups in total. The maximum Gasteiger partial charge on any atom is 0.203 e. The smallest absolute Gasteiger partial charge is 0.203 e. The summed E-state index contributed by atoms with van der Waals surface area (Å²) in [5.41, 5.74) is 0.682. The summed E-state index contributed by atoms with van der Waals surface area (Å²) in [5, 5.41) is 0. The highest BCUT2D eigenvalue weighted by molar-refractivity contribution is 5.68. The van der Waals surface area contributed by atoms with Crippen LogP contribution in [0.4, 0.5) is 0 Å². The molecule has 12 aliphatic heterocycles. The van der Waals surface area contributed by atoms with Gasteiger partial charge in [-0.15, -0.1) is 0 Å². The third-order valence-electron chi connectivity index (χ3n) is 20.5. The summed E-state index contributed by atoms with van der Waals surface area (Å²) < 4.78 is 154. The van der Waals surface area contributed by atoms with Crippen molar-refractivity contribution in [3.05, 3.63) is 70.8 Å². The lowest BCUT2D eigenvalue weighted by Crippen LogP contribution is -2.67. The molecule has 4 saturated carbocycles. The average Bonchev–Trinajstić information content (AvgIpc) is 1.10. The Bertz CT molecular complexity index is 2980. The van der Waals surface area contributed by atoms with E-state index in [0.717, 1.165) is 22.3 Å². The second-order valence-corrected chi connectivity index (χ2v) is 28.5. The summed E-state index contributed by atoms with van der Waals surface area (Å²) >= 11 is 0. The van der Waals surface area contributed by atoms with E-state index in [9.17, 15) is 0 Å². The van der Waals surface area contributed by atoms with Crippen molar-refractivity contribution in [2.24, 2.45) is 0 Å². The van der Waals surface area contributed by atoms with Gasteiger partial charge in [0.2, 0.25) is 23.0 Å². The van der Waals surface area contributed by atoms with Crippen LogP contribution in [0.2, 0.25) is 0 Å². The van der Waals surface area contributed by atoms with Gasteiger partial charge in [-0.05, 0) is 62.8 Å². The molecule has 12 atom stereocenters. The Balaban J connectivity index is 0.867. The summed E-state index contributed by atoms with van der Waals surface area (Å²) in [7, 11) is 0. The van der Waals surface area contributed by atoms with Crippen LogP contribution in [0.25, 0.3) is 0 Å². The lowest BCUT2D eigenvalue weighted by Gasteiger charge is -2.71. The molecule has 12 saturated heterocycles. The van der Waals surface area contributed by atoms with Gasteiger partial charge in [-0.2, -0.15) is 0 Å². The van der Waals surface area contributed by atoms with Crippen molar-refractivity contribution in [3.63, 3.8) is 0 Å². The Morgan fingerprint density at radius 2 is 0.340 bits per heavy atom. The van der Waals surface area contributed by atoms with E-state index in [0.29, 0.717) is 240 Å². The zero-order chi connectivity index (χ0) is 62.0. The molecule has 16 fully saturated rings. The number of ether oxygens (including phenoxy) is 24. The van der Waals surface area contributed by atoms with Gasteiger partial charge < -0.3 is 114 Å². The van der Waals surface area contributed by atoms with Crippen LogP contribution in [0.1, 0.15) is 60.8 Å². The fourth-order valence-electron chi connectivity index (χ4n) is 15.3. The van der Waals surface area contributed by atoms with Crippen LogP contribution in [-0.4, -0.2) is 232 Å². The molecular formula is C70H80O24. The van der Waals surface area contributed by atoms with E-state index in [1.165, 1.54) is 0 Å². The molecule has 16 aliphatic rings. The van der Waals surface area contributed by atoms with Crippen LogP contribution in [0, 0.1) is 0 Å². The first-order valence-corrected chi connectivity index (χ1v) is 33.9. The fourth-order valence-corrected chi connectivity index (χ4v) is 15.3. The predicted octanol–water partition coefficient (Wildman–Crippen LogP) is 5.45.